The van der Waals surface area contributed by atoms with E-state index in [4.69, 9.17) is 5.11 Å². The third-order valence-electron chi connectivity index (χ3n) is 3.13. The Bertz CT molecular complexity index is 828. The molecule has 4 nitrogen and oxygen atoms in total. The number of hydrogen-bond acceptors (Lipinski definition) is 2. The Balaban J connectivity index is 2.28. The summed E-state index contributed by atoms with van der Waals surface area (Å²) >= 11 is 3.41. The van der Waals surface area contributed by atoms with Crippen molar-refractivity contribution in [2.24, 2.45) is 0 Å². The summed E-state index contributed by atoms with van der Waals surface area (Å²) in [6, 6.07) is 11.3. The van der Waals surface area contributed by atoms with Crippen LogP contribution in [0.4, 0.5) is 4.39 Å². The Morgan fingerprint density at radius 3 is 2.62 bits per heavy atom. The van der Waals surface area contributed by atoms with Crippen LogP contribution >= 0.6 is 15.9 Å². The number of carboxylic acids is 1. The Morgan fingerprint density at radius 2 is 1.95 bits per heavy atom. The predicted octanol–water partition coefficient (Wildman–Crippen LogP) is 3.53. The van der Waals surface area contributed by atoms with Gasteiger partial charge in [0, 0.05) is 5.56 Å². The molecule has 21 heavy (non-hydrogen) atoms. The summed E-state index contributed by atoms with van der Waals surface area (Å²) in [5.41, 5.74) is 2.42. The van der Waals surface area contributed by atoms with Gasteiger partial charge in [-0.05, 0) is 52.3 Å². The lowest BCUT2D eigenvalue weighted by atomic mass is 10.1. The lowest BCUT2D eigenvalue weighted by Gasteiger charge is -2.04. The number of rotatable bonds is 3. The lowest BCUT2D eigenvalue weighted by Crippen LogP contribution is -2.05. The Labute approximate surface area is 128 Å². The summed E-state index contributed by atoms with van der Waals surface area (Å²) in [5.74, 6) is -1.29. The van der Waals surface area contributed by atoms with E-state index in [9.17, 15) is 9.18 Å². The van der Waals surface area contributed by atoms with Crippen LogP contribution in [0.15, 0.2) is 47.1 Å². The zero-order valence-corrected chi connectivity index (χ0v) is 12.3. The normalized spacial score (nSPS) is 11.0. The molecule has 0 saturated heterocycles. The number of nitrogens with zero attached hydrogens (tertiary/aromatic N) is 2. The molecule has 0 atom stereocenters. The molecule has 3 rings (SSSR count). The molecule has 1 aromatic carbocycles. The molecule has 0 fully saturated rings. The third-order valence-corrected chi connectivity index (χ3v) is 3.75. The number of carbonyl (C=O) groups is 1. The summed E-state index contributed by atoms with van der Waals surface area (Å²) < 4.78 is 15.5. The fourth-order valence-electron chi connectivity index (χ4n) is 2.26. The van der Waals surface area contributed by atoms with Crippen molar-refractivity contribution >= 4 is 27.5 Å². The average molecular weight is 349 g/mol. The van der Waals surface area contributed by atoms with Crippen molar-refractivity contribution in [2.75, 3.05) is 0 Å². The highest BCUT2D eigenvalue weighted by Crippen LogP contribution is 2.27. The van der Waals surface area contributed by atoms with E-state index in [0.29, 0.717) is 22.6 Å². The van der Waals surface area contributed by atoms with Crippen molar-refractivity contribution in [3.05, 3.63) is 58.6 Å². The van der Waals surface area contributed by atoms with Crippen molar-refractivity contribution in [3.8, 4) is 11.3 Å². The van der Waals surface area contributed by atoms with Gasteiger partial charge >= 0.3 is 5.97 Å². The summed E-state index contributed by atoms with van der Waals surface area (Å²) in [4.78, 5) is 15.6. The maximum Gasteiger partial charge on any atom is 0.309 e. The minimum atomic E-state index is -0.948. The highest BCUT2D eigenvalue weighted by atomic mass is 79.9. The fourth-order valence-corrected chi connectivity index (χ4v) is 2.80. The van der Waals surface area contributed by atoms with E-state index < -0.39 is 5.97 Å². The number of benzene rings is 1. The molecule has 0 spiro atoms. The van der Waals surface area contributed by atoms with Gasteiger partial charge in [0.05, 0.1) is 22.4 Å². The predicted molar refractivity (Wildman–Crippen MR) is 79.6 cm³/mol. The number of fused-ring (bicyclic) bond motifs is 1. The number of hydrogen-bond donors (Lipinski definition) is 1. The van der Waals surface area contributed by atoms with Gasteiger partial charge in [-0.2, -0.15) is 0 Å². The number of halogens is 2. The largest absolute Gasteiger partial charge is 0.481 e. The van der Waals surface area contributed by atoms with Gasteiger partial charge in [-0.3, -0.25) is 9.20 Å². The topological polar surface area (TPSA) is 54.6 Å². The van der Waals surface area contributed by atoms with Crippen LogP contribution in [-0.4, -0.2) is 20.5 Å². The van der Waals surface area contributed by atoms with Crippen LogP contribution in [0.2, 0.25) is 0 Å². The Hall–Kier alpha value is -2.21. The van der Waals surface area contributed by atoms with E-state index in [2.05, 4.69) is 20.9 Å². The van der Waals surface area contributed by atoms with E-state index in [1.165, 1.54) is 12.1 Å². The average Bonchev–Trinajstić information content (AvgIpc) is 2.79. The molecular weight excluding hydrogens is 339 g/mol. The molecule has 0 aliphatic heterocycles. The van der Waals surface area contributed by atoms with Gasteiger partial charge in [-0.1, -0.05) is 6.07 Å². The first-order valence-corrected chi connectivity index (χ1v) is 6.99. The molecule has 2 heterocycles. The van der Waals surface area contributed by atoms with Crippen LogP contribution in [-0.2, 0) is 11.2 Å². The minimum absolute atomic E-state index is 0.170. The lowest BCUT2D eigenvalue weighted by molar-refractivity contribution is -0.136. The van der Waals surface area contributed by atoms with Gasteiger partial charge in [0.2, 0.25) is 0 Å². The van der Waals surface area contributed by atoms with Crippen LogP contribution in [0.5, 0.6) is 0 Å². The first-order valence-electron chi connectivity index (χ1n) is 6.20. The molecule has 0 aliphatic carbocycles. The highest BCUT2D eigenvalue weighted by Gasteiger charge is 2.18. The number of aromatic nitrogens is 2. The molecule has 0 unspecified atom stereocenters. The van der Waals surface area contributed by atoms with Crippen molar-refractivity contribution in [1.29, 1.82) is 0 Å². The highest BCUT2D eigenvalue weighted by molar-refractivity contribution is 9.10. The molecule has 1 N–H and O–H groups in total. The second-order valence-corrected chi connectivity index (χ2v) is 5.34. The van der Waals surface area contributed by atoms with Gasteiger partial charge in [-0.25, -0.2) is 9.37 Å². The van der Waals surface area contributed by atoms with Gasteiger partial charge < -0.3 is 5.11 Å². The second-order valence-electron chi connectivity index (χ2n) is 4.53. The van der Waals surface area contributed by atoms with E-state index in [0.717, 1.165) is 4.60 Å². The fraction of sp³-hybridized carbons (Fsp3) is 0.0667. The van der Waals surface area contributed by atoms with Gasteiger partial charge in [-0.15, -0.1) is 0 Å². The zero-order chi connectivity index (χ0) is 15.0. The van der Waals surface area contributed by atoms with E-state index >= 15 is 0 Å². The van der Waals surface area contributed by atoms with Crippen molar-refractivity contribution in [1.82, 2.24) is 9.38 Å². The van der Waals surface area contributed by atoms with E-state index in [1.807, 2.05) is 12.1 Å². The molecule has 0 aliphatic rings. The van der Waals surface area contributed by atoms with Crippen LogP contribution in [0, 0.1) is 5.82 Å². The maximum atomic E-state index is 13.1. The number of pyridine rings is 1. The van der Waals surface area contributed by atoms with Crippen molar-refractivity contribution in [2.45, 2.75) is 6.42 Å². The Kier molecular flexibility index (Phi) is 3.47. The molecule has 6 heteroatoms. The second kappa shape index (κ2) is 5.29. The van der Waals surface area contributed by atoms with Gasteiger partial charge in [0.15, 0.2) is 0 Å². The first kappa shape index (κ1) is 13.8. The summed E-state index contributed by atoms with van der Waals surface area (Å²) in [7, 11) is 0. The standard InChI is InChI=1S/C15H10BrFN2O2/c16-12-2-1-3-13-18-15(9-4-6-10(17)7-5-9)11(19(12)13)8-14(20)21/h1-7H,8H2,(H,20,21). The summed E-state index contributed by atoms with van der Waals surface area (Å²) in [6.45, 7) is 0. The molecule has 0 amide bonds. The molecule has 3 aromatic rings. The Morgan fingerprint density at radius 1 is 1.24 bits per heavy atom. The number of aliphatic carboxylic acids is 1. The van der Waals surface area contributed by atoms with Crippen LogP contribution in [0.25, 0.3) is 16.9 Å². The smallest absolute Gasteiger partial charge is 0.309 e. The third kappa shape index (κ3) is 2.54. The first-order chi connectivity index (χ1) is 10.1. The molecule has 0 saturated carbocycles. The summed E-state index contributed by atoms with van der Waals surface area (Å²) in [5, 5.41) is 9.13. The van der Waals surface area contributed by atoms with Crippen molar-refractivity contribution in [3.63, 3.8) is 0 Å². The van der Waals surface area contributed by atoms with Crippen molar-refractivity contribution < 1.29 is 14.3 Å². The van der Waals surface area contributed by atoms with Crippen LogP contribution < -0.4 is 0 Å². The molecule has 106 valence electrons. The molecule has 0 bridgehead atoms. The van der Waals surface area contributed by atoms with Gasteiger partial charge in [0.25, 0.3) is 0 Å². The van der Waals surface area contributed by atoms with E-state index in [-0.39, 0.29) is 12.2 Å². The maximum absolute atomic E-state index is 13.1. The molecular formula is C15H10BrFN2O2. The minimum Gasteiger partial charge on any atom is -0.481 e. The van der Waals surface area contributed by atoms with Gasteiger partial charge in [0.1, 0.15) is 11.5 Å². The quantitative estimate of drug-likeness (QED) is 0.736. The number of imidazole rings is 1. The summed E-state index contributed by atoms with van der Waals surface area (Å²) in [6.07, 6.45) is -0.170. The number of carboxylic acid groups (broad SMARTS) is 1. The van der Waals surface area contributed by atoms with Crippen LogP contribution in [0.3, 0.4) is 0 Å². The zero-order valence-electron chi connectivity index (χ0n) is 10.8. The molecule has 2 aromatic heterocycles. The SMILES string of the molecule is O=C(O)Cc1c(-c2ccc(F)cc2)nc2cccc(Br)n12. The van der Waals surface area contributed by atoms with Crippen LogP contribution in [0.1, 0.15) is 5.69 Å². The monoisotopic (exact) mass is 348 g/mol. The van der Waals surface area contributed by atoms with E-state index in [1.54, 1.807) is 22.6 Å². The molecule has 0 radical (unpaired) electrons.